The lowest BCUT2D eigenvalue weighted by molar-refractivity contribution is -0.119. The lowest BCUT2D eigenvalue weighted by atomic mass is 10.1. The number of nitrogens with one attached hydrogen (secondary N) is 2. The van der Waals surface area contributed by atoms with Crippen molar-refractivity contribution in [3.05, 3.63) is 49.9 Å². The van der Waals surface area contributed by atoms with Crippen molar-refractivity contribution in [1.82, 2.24) is 5.43 Å². The molecule has 0 fully saturated rings. The van der Waals surface area contributed by atoms with Crippen molar-refractivity contribution in [2.45, 2.75) is 13.8 Å². The highest BCUT2D eigenvalue weighted by atomic mass is 79.9. The molecule has 0 heterocycles. The highest BCUT2D eigenvalue weighted by molar-refractivity contribution is 9.11. The molecule has 25 heavy (non-hydrogen) atoms. The Morgan fingerprint density at radius 2 is 1.92 bits per heavy atom. The van der Waals surface area contributed by atoms with Crippen LogP contribution in [0.5, 0.6) is 11.5 Å². The van der Waals surface area contributed by atoms with Crippen molar-refractivity contribution < 1.29 is 15.0 Å². The predicted octanol–water partition coefficient (Wildman–Crippen LogP) is 3.80. The number of hydrogen-bond donors (Lipinski definition) is 4. The van der Waals surface area contributed by atoms with E-state index in [1.807, 2.05) is 31.2 Å². The fraction of sp³-hybridized carbons (Fsp3) is 0.176. The number of carbonyl (C=O) groups is 1. The molecule has 0 saturated heterocycles. The van der Waals surface area contributed by atoms with Crippen molar-refractivity contribution in [1.29, 1.82) is 0 Å². The summed E-state index contributed by atoms with van der Waals surface area (Å²) in [6, 6.07) is 7.68. The Morgan fingerprint density at radius 3 is 2.60 bits per heavy atom. The van der Waals surface area contributed by atoms with Crippen LogP contribution in [0.25, 0.3) is 0 Å². The number of benzene rings is 2. The van der Waals surface area contributed by atoms with Crippen LogP contribution in [-0.2, 0) is 4.79 Å². The van der Waals surface area contributed by atoms with Gasteiger partial charge in [-0.05, 0) is 69.0 Å². The van der Waals surface area contributed by atoms with Crippen LogP contribution in [0.4, 0.5) is 5.69 Å². The number of rotatable bonds is 5. The minimum Gasteiger partial charge on any atom is -0.506 e. The molecule has 6 nitrogen and oxygen atoms in total. The van der Waals surface area contributed by atoms with Crippen LogP contribution in [0.1, 0.15) is 16.7 Å². The number of amides is 1. The molecule has 2 aromatic carbocycles. The summed E-state index contributed by atoms with van der Waals surface area (Å²) in [4.78, 5) is 11.8. The first-order chi connectivity index (χ1) is 11.8. The SMILES string of the molecule is Cc1cccc(NCC(=O)NN=Cc2c(C)c(Br)c(O)c(Br)c2O)c1. The summed E-state index contributed by atoms with van der Waals surface area (Å²) in [5.41, 5.74) is 5.30. The minimum absolute atomic E-state index is 0.0642. The van der Waals surface area contributed by atoms with E-state index in [0.717, 1.165) is 11.3 Å². The lowest BCUT2D eigenvalue weighted by Gasteiger charge is -2.11. The number of halogens is 2. The van der Waals surface area contributed by atoms with Gasteiger partial charge in [0.25, 0.3) is 5.91 Å². The van der Waals surface area contributed by atoms with Gasteiger partial charge in [-0.25, -0.2) is 5.43 Å². The summed E-state index contributed by atoms with van der Waals surface area (Å²) in [5, 5.41) is 26.8. The first-order valence-corrected chi connectivity index (χ1v) is 8.91. The Kier molecular flexibility index (Phi) is 6.44. The third-order valence-electron chi connectivity index (χ3n) is 3.47. The van der Waals surface area contributed by atoms with Crippen molar-refractivity contribution in [2.75, 3.05) is 11.9 Å². The second-order valence-electron chi connectivity index (χ2n) is 5.38. The maximum atomic E-state index is 11.8. The van der Waals surface area contributed by atoms with Gasteiger partial charge >= 0.3 is 0 Å². The standard InChI is InChI=1S/C17H17Br2N3O3/c1-9-4-3-5-11(6-9)20-8-13(23)22-21-7-12-10(2)14(18)17(25)15(19)16(12)24/h3-7,20,24-25H,8H2,1-2H3,(H,22,23). The number of anilines is 1. The summed E-state index contributed by atoms with van der Waals surface area (Å²) in [5.74, 6) is -0.584. The number of aryl methyl sites for hydroxylation is 1. The number of carbonyl (C=O) groups excluding carboxylic acids is 1. The molecule has 0 aliphatic heterocycles. The summed E-state index contributed by atoms with van der Waals surface area (Å²) in [6.07, 6.45) is 1.32. The molecule has 0 aromatic heterocycles. The van der Waals surface area contributed by atoms with Gasteiger partial charge < -0.3 is 15.5 Å². The van der Waals surface area contributed by atoms with Crippen LogP contribution in [0.2, 0.25) is 0 Å². The Labute approximate surface area is 162 Å². The molecular formula is C17H17Br2N3O3. The van der Waals surface area contributed by atoms with Crippen LogP contribution in [-0.4, -0.2) is 28.9 Å². The molecule has 0 bridgehead atoms. The second-order valence-corrected chi connectivity index (χ2v) is 6.97. The van der Waals surface area contributed by atoms with Crippen molar-refractivity contribution in [3.63, 3.8) is 0 Å². The molecule has 0 aliphatic carbocycles. The predicted molar refractivity (Wildman–Crippen MR) is 105 cm³/mol. The molecule has 2 rings (SSSR count). The van der Waals surface area contributed by atoms with Gasteiger partial charge in [0.1, 0.15) is 16.0 Å². The zero-order chi connectivity index (χ0) is 18.6. The maximum absolute atomic E-state index is 11.8. The van der Waals surface area contributed by atoms with Crippen LogP contribution in [0.15, 0.2) is 38.3 Å². The molecule has 132 valence electrons. The van der Waals surface area contributed by atoms with Gasteiger partial charge in [0.2, 0.25) is 0 Å². The first kappa shape index (κ1) is 19.3. The Bertz CT molecular complexity index is 809. The zero-order valence-electron chi connectivity index (χ0n) is 13.6. The average Bonchev–Trinajstić information content (AvgIpc) is 2.59. The van der Waals surface area contributed by atoms with E-state index in [-0.39, 0.29) is 28.4 Å². The molecular weight excluding hydrogens is 454 g/mol. The van der Waals surface area contributed by atoms with Gasteiger partial charge in [-0.2, -0.15) is 5.10 Å². The fourth-order valence-corrected chi connectivity index (χ4v) is 3.19. The highest BCUT2D eigenvalue weighted by Gasteiger charge is 2.17. The van der Waals surface area contributed by atoms with Crippen LogP contribution < -0.4 is 10.7 Å². The zero-order valence-corrected chi connectivity index (χ0v) is 16.8. The number of phenolic OH excluding ortho intramolecular Hbond substituents is 2. The van der Waals surface area contributed by atoms with Gasteiger partial charge in [0.05, 0.1) is 17.2 Å². The number of nitrogens with zero attached hydrogens (tertiary/aromatic N) is 1. The first-order valence-electron chi connectivity index (χ1n) is 7.33. The highest BCUT2D eigenvalue weighted by Crippen LogP contribution is 2.43. The number of hydrogen-bond acceptors (Lipinski definition) is 5. The van der Waals surface area contributed by atoms with Crippen molar-refractivity contribution >= 4 is 49.7 Å². The third kappa shape index (κ3) is 4.73. The van der Waals surface area contributed by atoms with Gasteiger partial charge in [0, 0.05) is 11.3 Å². The molecule has 8 heteroatoms. The number of aromatic hydroxyl groups is 2. The Balaban J connectivity index is 2.00. The monoisotopic (exact) mass is 469 g/mol. The van der Waals surface area contributed by atoms with Crippen LogP contribution in [0, 0.1) is 13.8 Å². The van der Waals surface area contributed by atoms with Crippen LogP contribution in [0.3, 0.4) is 0 Å². The van der Waals surface area contributed by atoms with E-state index in [2.05, 4.69) is 47.7 Å². The Hall–Kier alpha value is -2.06. The lowest BCUT2D eigenvalue weighted by Crippen LogP contribution is -2.25. The second kappa shape index (κ2) is 8.35. The molecule has 4 N–H and O–H groups in total. The summed E-state index contributed by atoms with van der Waals surface area (Å²) in [7, 11) is 0. The topological polar surface area (TPSA) is 94.0 Å². The summed E-state index contributed by atoms with van der Waals surface area (Å²) in [6.45, 7) is 3.74. The van der Waals surface area contributed by atoms with E-state index in [9.17, 15) is 15.0 Å². The quantitative estimate of drug-likeness (QED) is 0.395. The van der Waals surface area contributed by atoms with E-state index >= 15 is 0 Å². The smallest absolute Gasteiger partial charge is 0.259 e. The van der Waals surface area contributed by atoms with Crippen molar-refractivity contribution in [3.8, 4) is 11.5 Å². The van der Waals surface area contributed by atoms with Gasteiger partial charge in [-0.1, -0.05) is 12.1 Å². The van der Waals surface area contributed by atoms with Gasteiger partial charge in [-0.15, -0.1) is 0 Å². The molecule has 0 spiro atoms. The molecule has 0 atom stereocenters. The summed E-state index contributed by atoms with van der Waals surface area (Å²) >= 11 is 6.35. The van der Waals surface area contributed by atoms with E-state index < -0.39 is 0 Å². The molecule has 2 aromatic rings. The largest absolute Gasteiger partial charge is 0.506 e. The molecule has 0 unspecified atom stereocenters. The average molecular weight is 471 g/mol. The minimum atomic E-state index is -0.327. The van der Waals surface area contributed by atoms with Crippen molar-refractivity contribution in [2.24, 2.45) is 5.10 Å². The number of hydrazone groups is 1. The molecule has 0 saturated carbocycles. The van der Waals surface area contributed by atoms with Gasteiger partial charge in [0.15, 0.2) is 0 Å². The number of phenols is 2. The normalized spacial score (nSPS) is 10.9. The third-order valence-corrected chi connectivity index (χ3v) is 5.19. The van der Waals surface area contributed by atoms with Gasteiger partial charge in [-0.3, -0.25) is 4.79 Å². The maximum Gasteiger partial charge on any atom is 0.259 e. The molecule has 1 amide bonds. The van der Waals surface area contributed by atoms with E-state index in [1.54, 1.807) is 6.92 Å². The molecule has 0 aliphatic rings. The molecule has 0 radical (unpaired) electrons. The van der Waals surface area contributed by atoms with E-state index in [4.69, 9.17) is 0 Å². The Morgan fingerprint density at radius 1 is 1.20 bits per heavy atom. The van der Waals surface area contributed by atoms with E-state index in [1.165, 1.54) is 6.21 Å². The van der Waals surface area contributed by atoms with Crippen LogP contribution >= 0.6 is 31.9 Å². The summed E-state index contributed by atoms with van der Waals surface area (Å²) < 4.78 is 0.588. The fourth-order valence-electron chi connectivity index (χ4n) is 2.10. The van der Waals surface area contributed by atoms with E-state index in [0.29, 0.717) is 15.6 Å².